The molecule has 104 valence electrons. The first-order valence-electron chi connectivity index (χ1n) is 6.33. The van der Waals surface area contributed by atoms with Gasteiger partial charge in [0.1, 0.15) is 6.04 Å². The smallest absolute Gasteiger partial charge is 0.326 e. The fraction of sp³-hybridized carbons (Fsp3) is 0.833. The number of carboxylic acid groups (broad SMARTS) is 1. The summed E-state index contributed by atoms with van der Waals surface area (Å²) in [6.45, 7) is 6.09. The highest BCUT2D eigenvalue weighted by atomic mass is 16.5. The molecule has 1 saturated heterocycles. The molecule has 18 heavy (non-hydrogen) atoms. The highest BCUT2D eigenvalue weighted by Gasteiger charge is 2.27. The molecule has 0 bridgehead atoms. The van der Waals surface area contributed by atoms with Crippen molar-refractivity contribution in [3.05, 3.63) is 0 Å². The average Bonchev–Trinajstić information content (AvgIpc) is 2.78. The molecular formula is C12H22N2O4. The van der Waals surface area contributed by atoms with Crippen LogP contribution in [0.2, 0.25) is 0 Å². The fourth-order valence-electron chi connectivity index (χ4n) is 1.99. The first kappa shape index (κ1) is 14.8. The van der Waals surface area contributed by atoms with E-state index in [1.165, 1.54) is 0 Å². The Bertz CT molecular complexity index is 300. The molecule has 6 heteroatoms. The third-order valence-electron chi connectivity index (χ3n) is 3.10. The average molecular weight is 258 g/mol. The Morgan fingerprint density at radius 1 is 1.28 bits per heavy atom. The van der Waals surface area contributed by atoms with Gasteiger partial charge in [-0.25, -0.2) is 9.59 Å². The van der Waals surface area contributed by atoms with Crippen molar-refractivity contribution in [2.24, 2.45) is 5.92 Å². The predicted molar refractivity (Wildman–Crippen MR) is 66.4 cm³/mol. The van der Waals surface area contributed by atoms with Gasteiger partial charge in [-0.15, -0.1) is 0 Å². The van der Waals surface area contributed by atoms with E-state index in [1.807, 2.05) is 6.92 Å². The first-order valence-corrected chi connectivity index (χ1v) is 6.33. The van der Waals surface area contributed by atoms with Gasteiger partial charge in [0.05, 0.1) is 12.1 Å². The minimum atomic E-state index is -1.02. The van der Waals surface area contributed by atoms with Crippen molar-refractivity contribution >= 4 is 12.0 Å². The van der Waals surface area contributed by atoms with E-state index in [-0.39, 0.29) is 18.1 Å². The minimum Gasteiger partial charge on any atom is -0.480 e. The third-order valence-corrected chi connectivity index (χ3v) is 3.10. The van der Waals surface area contributed by atoms with Crippen LogP contribution in [-0.4, -0.2) is 41.9 Å². The van der Waals surface area contributed by atoms with Crippen LogP contribution >= 0.6 is 0 Å². The molecule has 1 fully saturated rings. The molecule has 0 spiro atoms. The van der Waals surface area contributed by atoms with E-state index < -0.39 is 18.0 Å². The van der Waals surface area contributed by atoms with Gasteiger partial charge in [-0.2, -0.15) is 0 Å². The minimum absolute atomic E-state index is 0.0260. The summed E-state index contributed by atoms with van der Waals surface area (Å²) in [7, 11) is 0. The Labute approximate surface area is 107 Å². The number of urea groups is 1. The number of aliphatic carboxylic acids is 1. The zero-order chi connectivity index (χ0) is 13.7. The SMILES string of the molecule is CC(NC(=O)N[C@@H](C(=O)O)C(C)C)C1CCCO1. The summed E-state index contributed by atoms with van der Waals surface area (Å²) >= 11 is 0. The number of hydrogen-bond donors (Lipinski definition) is 3. The summed E-state index contributed by atoms with van der Waals surface area (Å²) in [6, 6.07) is -1.45. The lowest BCUT2D eigenvalue weighted by atomic mass is 10.1. The van der Waals surface area contributed by atoms with Crippen LogP contribution in [0.25, 0.3) is 0 Å². The van der Waals surface area contributed by atoms with Crippen molar-refractivity contribution < 1.29 is 19.4 Å². The molecule has 1 rings (SSSR count). The van der Waals surface area contributed by atoms with Gasteiger partial charge in [0.2, 0.25) is 0 Å². The Morgan fingerprint density at radius 3 is 2.39 bits per heavy atom. The summed E-state index contributed by atoms with van der Waals surface area (Å²) in [5.41, 5.74) is 0. The molecule has 0 aromatic rings. The van der Waals surface area contributed by atoms with E-state index in [1.54, 1.807) is 13.8 Å². The number of amides is 2. The zero-order valence-electron chi connectivity index (χ0n) is 11.1. The van der Waals surface area contributed by atoms with Crippen LogP contribution in [0.3, 0.4) is 0 Å². The Morgan fingerprint density at radius 2 is 1.94 bits per heavy atom. The number of rotatable bonds is 5. The van der Waals surface area contributed by atoms with Crippen LogP contribution in [0.15, 0.2) is 0 Å². The van der Waals surface area contributed by atoms with Gasteiger partial charge in [-0.1, -0.05) is 13.8 Å². The number of carbonyl (C=O) groups is 2. The van der Waals surface area contributed by atoms with Crippen molar-refractivity contribution in [2.45, 2.75) is 51.8 Å². The molecule has 0 aromatic carbocycles. The molecule has 2 unspecified atom stereocenters. The van der Waals surface area contributed by atoms with E-state index in [9.17, 15) is 9.59 Å². The topological polar surface area (TPSA) is 87.7 Å². The van der Waals surface area contributed by atoms with Crippen molar-refractivity contribution in [3.63, 3.8) is 0 Å². The zero-order valence-corrected chi connectivity index (χ0v) is 11.1. The van der Waals surface area contributed by atoms with Crippen LogP contribution in [0, 0.1) is 5.92 Å². The normalized spacial score (nSPS) is 22.6. The van der Waals surface area contributed by atoms with E-state index >= 15 is 0 Å². The molecule has 0 aliphatic carbocycles. The Kier molecular flexibility index (Phi) is 5.40. The lowest BCUT2D eigenvalue weighted by Crippen LogP contribution is -2.52. The molecule has 2 amide bonds. The number of nitrogens with one attached hydrogen (secondary N) is 2. The van der Waals surface area contributed by atoms with Gasteiger partial charge in [0.25, 0.3) is 0 Å². The van der Waals surface area contributed by atoms with Gasteiger partial charge in [-0.3, -0.25) is 0 Å². The maximum absolute atomic E-state index is 11.7. The lowest BCUT2D eigenvalue weighted by molar-refractivity contribution is -0.140. The summed E-state index contributed by atoms with van der Waals surface area (Å²) in [4.78, 5) is 22.6. The van der Waals surface area contributed by atoms with Crippen LogP contribution in [-0.2, 0) is 9.53 Å². The number of carbonyl (C=O) groups excluding carboxylic acids is 1. The highest BCUT2D eigenvalue weighted by molar-refractivity contribution is 5.82. The predicted octanol–water partition coefficient (Wildman–Crippen LogP) is 0.962. The van der Waals surface area contributed by atoms with Crippen LogP contribution in [0.5, 0.6) is 0 Å². The van der Waals surface area contributed by atoms with Gasteiger partial charge < -0.3 is 20.5 Å². The molecule has 1 aliphatic heterocycles. The standard InChI is InChI=1S/C12H22N2O4/c1-7(2)10(11(15)16)14-12(17)13-8(3)9-5-4-6-18-9/h7-10H,4-6H2,1-3H3,(H,15,16)(H2,13,14,17)/t8?,9?,10-/m1/s1. The molecule has 0 radical (unpaired) electrons. The number of hydrogen-bond acceptors (Lipinski definition) is 3. The second-order valence-corrected chi connectivity index (χ2v) is 5.02. The summed E-state index contributed by atoms with van der Waals surface area (Å²) < 4.78 is 5.46. The molecule has 0 aromatic heterocycles. The quantitative estimate of drug-likeness (QED) is 0.685. The van der Waals surface area contributed by atoms with Gasteiger partial charge in [0.15, 0.2) is 0 Å². The fourth-order valence-corrected chi connectivity index (χ4v) is 1.99. The number of carboxylic acids is 1. The van der Waals surface area contributed by atoms with Crippen molar-refractivity contribution in [2.75, 3.05) is 6.61 Å². The third kappa shape index (κ3) is 4.18. The Balaban J connectivity index is 2.42. The van der Waals surface area contributed by atoms with Crippen molar-refractivity contribution in [1.29, 1.82) is 0 Å². The number of ether oxygens (including phenoxy) is 1. The summed E-state index contributed by atoms with van der Waals surface area (Å²) in [5, 5.41) is 14.2. The molecule has 6 nitrogen and oxygen atoms in total. The van der Waals surface area contributed by atoms with E-state index in [0.717, 1.165) is 19.4 Å². The van der Waals surface area contributed by atoms with Gasteiger partial charge >= 0.3 is 12.0 Å². The molecule has 3 N–H and O–H groups in total. The van der Waals surface area contributed by atoms with Crippen molar-refractivity contribution in [1.82, 2.24) is 10.6 Å². The molecule has 3 atom stereocenters. The maximum Gasteiger partial charge on any atom is 0.326 e. The van der Waals surface area contributed by atoms with Gasteiger partial charge in [0, 0.05) is 6.61 Å². The maximum atomic E-state index is 11.7. The van der Waals surface area contributed by atoms with Crippen LogP contribution in [0.4, 0.5) is 4.79 Å². The second kappa shape index (κ2) is 6.58. The van der Waals surface area contributed by atoms with E-state index in [0.29, 0.717) is 0 Å². The molecule has 1 aliphatic rings. The second-order valence-electron chi connectivity index (χ2n) is 5.02. The monoisotopic (exact) mass is 258 g/mol. The van der Waals surface area contributed by atoms with Gasteiger partial charge in [-0.05, 0) is 25.7 Å². The largest absolute Gasteiger partial charge is 0.480 e. The van der Waals surface area contributed by atoms with Crippen LogP contribution < -0.4 is 10.6 Å². The van der Waals surface area contributed by atoms with Crippen LogP contribution in [0.1, 0.15) is 33.6 Å². The summed E-state index contributed by atoms with van der Waals surface area (Å²) in [5.74, 6) is -1.18. The van der Waals surface area contributed by atoms with E-state index in [4.69, 9.17) is 9.84 Å². The van der Waals surface area contributed by atoms with Crippen molar-refractivity contribution in [3.8, 4) is 0 Å². The molecule has 1 heterocycles. The Hall–Kier alpha value is -1.30. The highest BCUT2D eigenvalue weighted by Crippen LogP contribution is 2.15. The van der Waals surface area contributed by atoms with E-state index in [2.05, 4.69) is 10.6 Å². The lowest BCUT2D eigenvalue weighted by Gasteiger charge is -2.23. The first-order chi connectivity index (χ1) is 8.41. The summed E-state index contributed by atoms with van der Waals surface area (Å²) in [6.07, 6.45) is 1.95. The molecule has 0 saturated carbocycles. The molecular weight excluding hydrogens is 236 g/mol.